The van der Waals surface area contributed by atoms with Crippen LogP contribution in [0.15, 0.2) is 85.7 Å². The van der Waals surface area contributed by atoms with Gasteiger partial charge >= 0.3 is 0 Å². The van der Waals surface area contributed by atoms with Gasteiger partial charge in [0.2, 0.25) is 0 Å². The Bertz CT molecular complexity index is 3000. The molecule has 2 N–H and O–H groups in total. The lowest BCUT2D eigenvalue weighted by Gasteiger charge is -2.37. The van der Waals surface area contributed by atoms with E-state index in [0.717, 1.165) is 22.2 Å². The quantitative estimate of drug-likeness (QED) is 0.0772. The maximum atomic E-state index is 16.5. The number of hydrogen-bond acceptors (Lipinski definition) is 16. The van der Waals surface area contributed by atoms with Gasteiger partial charge < -0.3 is 29.9 Å². The Morgan fingerprint density at radius 1 is 0.515 bits per heavy atom. The number of piperazine rings is 2. The summed E-state index contributed by atoms with van der Waals surface area (Å²) < 4.78 is 105. The van der Waals surface area contributed by atoms with E-state index in [2.05, 4.69) is 40.4 Å². The van der Waals surface area contributed by atoms with Crippen molar-refractivity contribution in [1.82, 2.24) is 50.5 Å². The van der Waals surface area contributed by atoms with Crippen LogP contribution < -0.4 is 39.9 Å². The van der Waals surface area contributed by atoms with Crippen LogP contribution in [0.25, 0.3) is 44.6 Å². The summed E-state index contributed by atoms with van der Waals surface area (Å²) in [5.74, 6) is -8.65. The highest BCUT2D eigenvalue weighted by molar-refractivity contribution is 5.97. The zero-order valence-corrected chi connectivity index (χ0v) is 36.2. The molecule has 68 heavy (non-hydrogen) atoms. The van der Waals surface area contributed by atoms with Gasteiger partial charge in [0.25, 0.3) is 0 Å². The number of hydrazine groups is 1. The molecule has 0 unspecified atom stereocenters. The molecular formula is C46H38F6N14O2. The molecule has 346 valence electrons. The van der Waals surface area contributed by atoms with Gasteiger partial charge in [-0.15, -0.1) is 0 Å². The first-order valence-corrected chi connectivity index (χ1v) is 21.2. The van der Waals surface area contributed by atoms with Crippen LogP contribution in [0.4, 0.5) is 61.0 Å². The molecule has 16 nitrogen and oxygen atoms in total. The Balaban J connectivity index is 1.19. The Hall–Kier alpha value is -7.98. The van der Waals surface area contributed by atoms with Gasteiger partial charge in [-0.3, -0.25) is 9.97 Å². The Kier molecular flexibility index (Phi) is 11.9. The average Bonchev–Trinajstić information content (AvgIpc) is 3.39. The van der Waals surface area contributed by atoms with Crippen LogP contribution in [0, 0.1) is 34.9 Å². The van der Waals surface area contributed by atoms with E-state index in [9.17, 15) is 8.78 Å². The zero-order valence-electron chi connectivity index (χ0n) is 36.2. The van der Waals surface area contributed by atoms with Gasteiger partial charge in [-0.25, -0.2) is 66.3 Å². The van der Waals surface area contributed by atoms with Crippen LogP contribution in [-0.2, 0) is 0 Å². The molecule has 2 aromatic carbocycles. The third kappa shape index (κ3) is 7.95. The minimum absolute atomic E-state index is 0.140. The maximum absolute atomic E-state index is 16.5. The van der Waals surface area contributed by atoms with Crippen molar-refractivity contribution in [3.05, 3.63) is 121 Å². The average molecular weight is 933 g/mol. The highest BCUT2D eigenvalue weighted by Crippen LogP contribution is 2.42. The number of fused-ring (bicyclic) bond motifs is 2. The Labute approximate surface area is 383 Å². The summed E-state index contributed by atoms with van der Waals surface area (Å²) in [5.41, 5.74) is -0.0964. The molecule has 10 rings (SSSR count). The molecule has 0 aliphatic carbocycles. The molecule has 0 atom stereocenters. The lowest BCUT2D eigenvalue weighted by Crippen LogP contribution is -2.44. The number of ether oxygens (including phenoxy) is 2. The van der Waals surface area contributed by atoms with Gasteiger partial charge in [-0.05, 0) is 48.5 Å². The monoisotopic (exact) mass is 932 g/mol. The fourth-order valence-corrected chi connectivity index (χ4v) is 8.22. The second kappa shape index (κ2) is 18.4. The Morgan fingerprint density at radius 2 is 0.926 bits per heavy atom. The molecular weight excluding hydrogens is 895 g/mol. The first kappa shape index (κ1) is 43.9. The van der Waals surface area contributed by atoms with Crippen molar-refractivity contribution in [1.29, 1.82) is 0 Å². The largest absolute Gasteiger partial charge is 0.494 e. The van der Waals surface area contributed by atoms with E-state index in [-0.39, 0.29) is 34.4 Å². The van der Waals surface area contributed by atoms with Crippen molar-refractivity contribution in [3.8, 4) is 34.3 Å². The molecule has 0 bridgehead atoms. The number of nitrogens with zero attached hydrogens (tertiary/aromatic N) is 12. The number of benzene rings is 2. The fraction of sp³-hybridized carbons (Fsp3) is 0.217. The number of methoxy groups -OCH3 is 2. The van der Waals surface area contributed by atoms with Gasteiger partial charge in [-0.2, -0.15) is 0 Å². The van der Waals surface area contributed by atoms with E-state index < -0.39 is 46.3 Å². The molecule has 8 heterocycles. The number of pyridine rings is 4. The standard InChI is InChI=1S/C46H38F6N14O2/c1-67-33-23-55-21-29-37(33)45(63-15-11-53-12-16-63)61-43(59-29)25-7-9-57-35(19-25)65(31-5-3-27(47)39(49)41(31)51)66(32-6-4-28(48)40(50)42(32)52)36-20-26(8-10-58-36)44-60-30-22-56-24-34(68-2)38(30)46(62-44)64-17-13-54-14-18-64/h3-10,19-24,53-54H,11-18H2,1-2H3. The molecule has 8 aromatic rings. The van der Waals surface area contributed by atoms with Crippen molar-refractivity contribution in [2.45, 2.75) is 0 Å². The predicted octanol–water partition coefficient (Wildman–Crippen LogP) is 7.05. The van der Waals surface area contributed by atoms with E-state index in [1.54, 1.807) is 36.9 Å². The van der Waals surface area contributed by atoms with E-state index in [0.29, 0.717) is 109 Å². The van der Waals surface area contributed by atoms with Crippen LogP contribution >= 0.6 is 0 Å². The van der Waals surface area contributed by atoms with E-state index >= 15 is 17.6 Å². The normalized spacial score (nSPS) is 14.1. The van der Waals surface area contributed by atoms with Gasteiger partial charge in [0.1, 0.15) is 34.5 Å². The minimum atomic E-state index is -1.88. The summed E-state index contributed by atoms with van der Waals surface area (Å²) in [7, 11) is 3.02. The summed E-state index contributed by atoms with van der Waals surface area (Å²) in [6.07, 6.45) is 8.82. The van der Waals surface area contributed by atoms with Crippen LogP contribution in [0.2, 0.25) is 0 Å². The summed E-state index contributed by atoms with van der Waals surface area (Å²) >= 11 is 0. The van der Waals surface area contributed by atoms with Crippen molar-refractivity contribution in [2.75, 3.05) is 86.4 Å². The van der Waals surface area contributed by atoms with Crippen LogP contribution in [-0.4, -0.2) is 106 Å². The number of hydrogen-bond donors (Lipinski definition) is 2. The smallest absolute Gasteiger partial charge is 0.196 e. The molecule has 2 aliphatic heterocycles. The minimum Gasteiger partial charge on any atom is -0.494 e. The zero-order chi connectivity index (χ0) is 47.1. The molecule has 2 fully saturated rings. The molecule has 0 saturated carbocycles. The summed E-state index contributed by atoms with van der Waals surface area (Å²) in [6.45, 7) is 5.05. The number of nitrogens with one attached hydrogen (secondary N) is 2. The van der Waals surface area contributed by atoms with Gasteiger partial charge in [0, 0.05) is 75.9 Å². The molecule has 0 amide bonds. The predicted molar refractivity (Wildman–Crippen MR) is 241 cm³/mol. The van der Waals surface area contributed by atoms with Crippen molar-refractivity contribution >= 4 is 56.5 Å². The fourth-order valence-electron chi connectivity index (χ4n) is 8.22. The number of anilines is 6. The van der Waals surface area contributed by atoms with E-state index in [4.69, 9.17) is 29.4 Å². The number of halogens is 6. The van der Waals surface area contributed by atoms with Crippen molar-refractivity contribution < 1.29 is 35.8 Å². The first-order valence-electron chi connectivity index (χ1n) is 21.2. The lowest BCUT2D eigenvalue weighted by molar-refractivity contribution is 0.417. The molecule has 22 heteroatoms. The third-order valence-electron chi connectivity index (χ3n) is 11.5. The summed E-state index contributed by atoms with van der Waals surface area (Å²) in [4.78, 5) is 41.3. The van der Waals surface area contributed by atoms with Crippen LogP contribution in [0.5, 0.6) is 11.5 Å². The number of aromatic nitrogens is 8. The van der Waals surface area contributed by atoms with Gasteiger partial charge in [0.15, 0.2) is 58.2 Å². The number of rotatable bonds is 11. The lowest BCUT2D eigenvalue weighted by atomic mass is 10.1. The molecule has 0 radical (unpaired) electrons. The molecule has 2 saturated heterocycles. The van der Waals surface area contributed by atoms with Gasteiger partial charge in [-0.1, -0.05) is 0 Å². The molecule has 2 aliphatic rings. The molecule has 6 aromatic heterocycles. The summed E-state index contributed by atoms with van der Waals surface area (Å²) in [5, 5.41) is 9.56. The van der Waals surface area contributed by atoms with Crippen molar-refractivity contribution in [2.24, 2.45) is 0 Å². The van der Waals surface area contributed by atoms with E-state index in [1.165, 1.54) is 38.7 Å². The summed E-state index contributed by atoms with van der Waals surface area (Å²) in [6, 6.07) is 8.96. The van der Waals surface area contributed by atoms with Crippen LogP contribution in [0.1, 0.15) is 0 Å². The maximum Gasteiger partial charge on any atom is 0.196 e. The highest BCUT2D eigenvalue weighted by Gasteiger charge is 2.33. The van der Waals surface area contributed by atoms with E-state index in [1.807, 2.05) is 0 Å². The first-order chi connectivity index (χ1) is 33.1. The highest BCUT2D eigenvalue weighted by atomic mass is 19.2. The Morgan fingerprint density at radius 3 is 1.32 bits per heavy atom. The SMILES string of the molecule is COc1cncc2nc(-c3ccnc(N(c4ccc(F)c(F)c4F)N(c4cc(-c5nc(N6CCNCC6)c6c(OC)cncc6n5)ccn4)c4ccc(F)c(F)c4F)c3)nc(N3CCNCC3)c12. The van der Waals surface area contributed by atoms with Gasteiger partial charge in [0.05, 0.1) is 60.8 Å². The molecule has 0 spiro atoms. The second-order valence-corrected chi connectivity index (χ2v) is 15.5. The second-order valence-electron chi connectivity index (χ2n) is 15.5. The third-order valence-corrected chi connectivity index (χ3v) is 11.5. The van der Waals surface area contributed by atoms with Crippen LogP contribution in [0.3, 0.4) is 0 Å². The van der Waals surface area contributed by atoms with Crippen molar-refractivity contribution in [3.63, 3.8) is 0 Å². The topological polar surface area (TPSA) is 159 Å².